The van der Waals surface area contributed by atoms with E-state index in [1.54, 1.807) is 12.1 Å². The summed E-state index contributed by atoms with van der Waals surface area (Å²) in [5.41, 5.74) is 1.44. The second-order valence-corrected chi connectivity index (χ2v) is 3.83. The van der Waals surface area contributed by atoms with E-state index < -0.39 is 0 Å². The van der Waals surface area contributed by atoms with Crippen LogP contribution in [0.4, 0.5) is 0 Å². The summed E-state index contributed by atoms with van der Waals surface area (Å²) in [6.07, 6.45) is 0.592. The highest BCUT2D eigenvalue weighted by molar-refractivity contribution is 6.00. The van der Waals surface area contributed by atoms with Crippen LogP contribution in [-0.4, -0.2) is 36.5 Å². The second-order valence-electron chi connectivity index (χ2n) is 3.83. The number of aryl methyl sites for hydroxylation is 1. The first kappa shape index (κ1) is 10.8. The van der Waals surface area contributed by atoms with E-state index >= 15 is 0 Å². The number of hydrogen-bond acceptors (Lipinski definition) is 3. The van der Waals surface area contributed by atoms with Crippen LogP contribution in [-0.2, 0) is 9.53 Å². The fourth-order valence-electron chi connectivity index (χ4n) is 1.53. The average molecular weight is 219 g/mol. The second kappa shape index (κ2) is 4.45. The molecule has 4 heteroatoms. The number of epoxide rings is 1. The molecule has 1 heterocycles. The van der Waals surface area contributed by atoms with Crippen LogP contribution in [0.25, 0.3) is 0 Å². The zero-order chi connectivity index (χ0) is 11.5. The van der Waals surface area contributed by atoms with Gasteiger partial charge in [0.1, 0.15) is 0 Å². The highest BCUT2D eigenvalue weighted by atomic mass is 16.6. The molecule has 16 heavy (non-hydrogen) atoms. The summed E-state index contributed by atoms with van der Waals surface area (Å²) in [5.74, 6) is -0.261. The van der Waals surface area contributed by atoms with Gasteiger partial charge in [0.05, 0.1) is 19.3 Å². The highest BCUT2D eigenvalue weighted by Crippen LogP contribution is 2.14. The van der Waals surface area contributed by atoms with Crippen LogP contribution in [0.5, 0.6) is 0 Å². The Bertz CT molecular complexity index is 412. The average Bonchev–Trinajstić information content (AvgIpc) is 3.09. The van der Waals surface area contributed by atoms with Crippen molar-refractivity contribution in [3.05, 3.63) is 35.4 Å². The van der Waals surface area contributed by atoms with Crippen molar-refractivity contribution < 1.29 is 14.3 Å². The van der Waals surface area contributed by atoms with Gasteiger partial charge in [-0.2, -0.15) is 0 Å². The van der Waals surface area contributed by atoms with Crippen LogP contribution in [0.15, 0.2) is 24.3 Å². The number of imide groups is 1. The van der Waals surface area contributed by atoms with E-state index in [0.717, 1.165) is 5.56 Å². The molecule has 0 unspecified atom stereocenters. The van der Waals surface area contributed by atoms with Crippen molar-refractivity contribution in [2.24, 2.45) is 0 Å². The summed E-state index contributed by atoms with van der Waals surface area (Å²) in [7, 11) is 0. The van der Waals surface area contributed by atoms with Gasteiger partial charge >= 0.3 is 0 Å². The molecule has 1 aromatic rings. The maximum Gasteiger partial charge on any atom is 0.260 e. The van der Waals surface area contributed by atoms with Crippen molar-refractivity contribution in [3.8, 4) is 0 Å². The van der Waals surface area contributed by atoms with Crippen LogP contribution in [0.2, 0.25) is 0 Å². The predicted octanol–water partition coefficient (Wildman–Crippen LogP) is 0.992. The molecule has 1 aliphatic rings. The summed E-state index contributed by atoms with van der Waals surface area (Å²) >= 11 is 0. The number of carbonyl (C=O) groups is 2. The van der Waals surface area contributed by atoms with Crippen LogP contribution < -0.4 is 0 Å². The molecule has 1 aromatic carbocycles. The third-order valence-electron chi connectivity index (χ3n) is 2.57. The molecule has 1 aliphatic heterocycles. The molecule has 1 fully saturated rings. The minimum absolute atomic E-state index is 0.0261. The maximum absolute atomic E-state index is 12.0. The number of carbonyl (C=O) groups excluding carboxylic acids is 2. The van der Waals surface area contributed by atoms with Gasteiger partial charge in [-0.1, -0.05) is 18.2 Å². The summed E-state index contributed by atoms with van der Waals surface area (Å²) < 4.78 is 5.00. The van der Waals surface area contributed by atoms with Gasteiger partial charge in [-0.3, -0.25) is 14.5 Å². The zero-order valence-corrected chi connectivity index (χ0v) is 9.05. The first-order valence-electron chi connectivity index (χ1n) is 5.16. The molecule has 0 spiro atoms. The van der Waals surface area contributed by atoms with Gasteiger partial charge in [0.25, 0.3) is 5.91 Å². The standard InChI is InChI=1S/C12H13NO3/c1-9-4-2-3-5-11(9)12(15)13(8-14)6-10-7-16-10/h2-5,8,10H,6-7H2,1H3/t10-/m0/s1. The Labute approximate surface area is 93.8 Å². The first-order chi connectivity index (χ1) is 7.72. The third kappa shape index (κ3) is 2.28. The van der Waals surface area contributed by atoms with Crippen LogP contribution in [0, 0.1) is 6.92 Å². The zero-order valence-electron chi connectivity index (χ0n) is 9.05. The van der Waals surface area contributed by atoms with Gasteiger partial charge in [-0.25, -0.2) is 0 Å². The van der Waals surface area contributed by atoms with E-state index in [1.165, 1.54) is 4.90 Å². The van der Waals surface area contributed by atoms with Gasteiger partial charge in [0.15, 0.2) is 0 Å². The third-order valence-corrected chi connectivity index (χ3v) is 2.57. The fourth-order valence-corrected chi connectivity index (χ4v) is 1.53. The monoisotopic (exact) mass is 219 g/mol. The summed E-state index contributed by atoms with van der Waals surface area (Å²) in [6.45, 7) is 2.83. The minimum atomic E-state index is -0.261. The molecule has 84 valence electrons. The maximum atomic E-state index is 12.0. The molecule has 2 amide bonds. The molecule has 1 saturated heterocycles. The molecule has 4 nitrogen and oxygen atoms in total. The van der Waals surface area contributed by atoms with Crippen LogP contribution in [0.1, 0.15) is 15.9 Å². The number of rotatable bonds is 4. The van der Waals surface area contributed by atoms with Crippen molar-refractivity contribution in [1.29, 1.82) is 0 Å². The van der Waals surface area contributed by atoms with E-state index in [9.17, 15) is 9.59 Å². The SMILES string of the molecule is Cc1ccccc1C(=O)N(C=O)C[C@H]1CO1. The first-order valence-corrected chi connectivity index (χ1v) is 5.16. The van der Waals surface area contributed by atoms with Gasteiger partial charge < -0.3 is 4.74 Å². The molecule has 0 N–H and O–H groups in total. The molecular formula is C12H13NO3. The normalized spacial score (nSPS) is 17.9. The van der Waals surface area contributed by atoms with E-state index in [1.807, 2.05) is 19.1 Å². The lowest BCUT2D eigenvalue weighted by Crippen LogP contribution is -2.33. The Morgan fingerprint density at radius 1 is 1.56 bits per heavy atom. The molecule has 2 rings (SSSR count). The number of hydrogen-bond donors (Lipinski definition) is 0. The fraction of sp³-hybridized carbons (Fsp3) is 0.333. The molecule has 0 radical (unpaired) electrons. The van der Waals surface area contributed by atoms with Crippen molar-refractivity contribution in [3.63, 3.8) is 0 Å². The predicted molar refractivity (Wildman–Crippen MR) is 58.0 cm³/mol. The largest absolute Gasteiger partial charge is 0.371 e. The van der Waals surface area contributed by atoms with Crippen molar-refractivity contribution in [2.75, 3.05) is 13.2 Å². The van der Waals surface area contributed by atoms with E-state index in [-0.39, 0.29) is 12.0 Å². The van der Waals surface area contributed by atoms with E-state index in [2.05, 4.69) is 0 Å². The molecule has 0 bridgehead atoms. The lowest BCUT2D eigenvalue weighted by atomic mass is 10.1. The summed E-state index contributed by atoms with van der Waals surface area (Å²) in [4.78, 5) is 24.0. The quantitative estimate of drug-likeness (QED) is 0.560. The Balaban J connectivity index is 2.15. The topological polar surface area (TPSA) is 49.9 Å². The molecule has 0 aliphatic carbocycles. The summed E-state index contributed by atoms with van der Waals surface area (Å²) in [6, 6.07) is 7.23. The number of nitrogens with zero attached hydrogens (tertiary/aromatic N) is 1. The minimum Gasteiger partial charge on any atom is -0.371 e. The Morgan fingerprint density at radius 2 is 2.25 bits per heavy atom. The van der Waals surface area contributed by atoms with Crippen molar-refractivity contribution in [1.82, 2.24) is 4.90 Å². The number of benzene rings is 1. The Morgan fingerprint density at radius 3 is 2.81 bits per heavy atom. The highest BCUT2D eigenvalue weighted by Gasteiger charge is 2.28. The Kier molecular flexibility index (Phi) is 3.01. The molecule has 0 saturated carbocycles. The summed E-state index contributed by atoms with van der Waals surface area (Å²) in [5, 5.41) is 0. The van der Waals surface area contributed by atoms with Gasteiger partial charge in [-0.15, -0.1) is 0 Å². The number of amides is 2. The Hall–Kier alpha value is -1.68. The van der Waals surface area contributed by atoms with E-state index in [4.69, 9.17) is 4.74 Å². The van der Waals surface area contributed by atoms with Gasteiger partial charge in [0.2, 0.25) is 6.41 Å². The van der Waals surface area contributed by atoms with Gasteiger partial charge in [-0.05, 0) is 18.6 Å². The van der Waals surface area contributed by atoms with Crippen molar-refractivity contribution in [2.45, 2.75) is 13.0 Å². The molecular weight excluding hydrogens is 206 g/mol. The van der Waals surface area contributed by atoms with E-state index in [0.29, 0.717) is 25.1 Å². The smallest absolute Gasteiger partial charge is 0.260 e. The lowest BCUT2D eigenvalue weighted by Gasteiger charge is -2.15. The lowest BCUT2D eigenvalue weighted by molar-refractivity contribution is -0.116. The number of ether oxygens (including phenoxy) is 1. The van der Waals surface area contributed by atoms with Crippen LogP contribution >= 0.6 is 0 Å². The molecule has 1 atom stereocenters. The van der Waals surface area contributed by atoms with Crippen LogP contribution in [0.3, 0.4) is 0 Å². The van der Waals surface area contributed by atoms with Gasteiger partial charge in [0, 0.05) is 5.56 Å². The van der Waals surface area contributed by atoms with Crippen molar-refractivity contribution >= 4 is 12.3 Å². The molecule has 0 aromatic heterocycles.